The molecule has 144 valence electrons. The van der Waals surface area contributed by atoms with Crippen LogP contribution in [0.3, 0.4) is 0 Å². The molecule has 1 aromatic rings. The minimum absolute atomic E-state index is 0. The molecule has 0 radical (unpaired) electrons. The molecule has 1 unspecified atom stereocenters. The largest absolute Gasteiger partial charge is 0.386 e. The van der Waals surface area contributed by atoms with Crippen LogP contribution in [-0.4, -0.2) is 43.2 Å². The van der Waals surface area contributed by atoms with Crippen LogP contribution in [-0.2, 0) is 4.79 Å². The zero-order chi connectivity index (χ0) is 18.2. The van der Waals surface area contributed by atoms with Crippen LogP contribution in [0.15, 0.2) is 17.1 Å². The average molecular weight is 503 g/mol. The number of carbonyl (C=O) groups is 1. The second-order valence-corrected chi connectivity index (χ2v) is 8.06. The maximum Gasteiger partial charge on any atom is 0.225 e. The Hall–Kier alpha value is -0.580. The monoisotopic (exact) mass is 502 g/mol. The Kier molecular flexibility index (Phi) is 11.6. The Bertz CT molecular complexity index is 561. The average Bonchev–Trinajstić information content (AvgIpc) is 2.94. The predicted molar refractivity (Wildman–Crippen MR) is 116 cm³/mol. The van der Waals surface area contributed by atoms with Crippen LogP contribution < -0.4 is 16.0 Å². The van der Waals surface area contributed by atoms with E-state index in [0.717, 1.165) is 4.88 Å². The molecular weight excluding hydrogens is 475 g/mol. The molecule has 0 aliphatic heterocycles. The number of hydrogen-bond acceptors (Lipinski definition) is 4. The van der Waals surface area contributed by atoms with Crippen LogP contribution in [0.4, 0.5) is 0 Å². The van der Waals surface area contributed by atoms with E-state index in [1.54, 1.807) is 12.1 Å². The summed E-state index contributed by atoms with van der Waals surface area (Å²) in [6, 6.07) is 3.56. The summed E-state index contributed by atoms with van der Waals surface area (Å²) >= 11 is 7.22. The Balaban J connectivity index is 0.00000576. The summed E-state index contributed by atoms with van der Waals surface area (Å²) in [6.07, 6.45) is -0.682. The number of carbonyl (C=O) groups excluding carboxylic acids is 1. The van der Waals surface area contributed by atoms with E-state index in [-0.39, 0.29) is 36.4 Å². The third-order valence-corrected chi connectivity index (χ3v) is 4.41. The second kappa shape index (κ2) is 11.9. The topological polar surface area (TPSA) is 85.8 Å². The molecule has 6 nitrogen and oxygen atoms in total. The number of guanidine groups is 1. The fourth-order valence-corrected chi connectivity index (χ4v) is 2.78. The quantitative estimate of drug-likeness (QED) is 0.200. The highest BCUT2D eigenvalue weighted by Crippen LogP contribution is 2.26. The second-order valence-electron chi connectivity index (χ2n) is 6.31. The lowest BCUT2D eigenvalue weighted by molar-refractivity contribution is -0.128. The lowest BCUT2D eigenvalue weighted by Gasteiger charge is -2.18. The van der Waals surface area contributed by atoms with Crippen LogP contribution in [0.1, 0.15) is 38.7 Å². The zero-order valence-electron chi connectivity index (χ0n) is 15.1. The molecule has 4 N–H and O–H groups in total. The van der Waals surface area contributed by atoms with Gasteiger partial charge in [-0.2, -0.15) is 0 Å². The summed E-state index contributed by atoms with van der Waals surface area (Å²) in [5.41, 5.74) is -0.398. The van der Waals surface area contributed by atoms with E-state index in [1.807, 2.05) is 27.7 Å². The Morgan fingerprint density at radius 2 is 1.92 bits per heavy atom. The fourth-order valence-electron chi connectivity index (χ4n) is 1.74. The number of nitrogens with one attached hydrogen (secondary N) is 3. The number of aliphatic hydroxyl groups is 1. The molecule has 25 heavy (non-hydrogen) atoms. The molecule has 1 atom stereocenters. The van der Waals surface area contributed by atoms with Gasteiger partial charge in [-0.3, -0.25) is 9.79 Å². The van der Waals surface area contributed by atoms with Crippen molar-refractivity contribution in [2.75, 3.05) is 26.2 Å². The Labute approximate surface area is 175 Å². The van der Waals surface area contributed by atoms with Crippen molar-refractivity contribution in [3.63, 3.8) is 0 Å². The molecule has 0 aromatic carbocycles. The van der Waals surface area contributed by atoms with Crippen molar-refractivity contribution in [2.24, 2.45) is 10.4 Å². The van der Waals surface area contributed by atoms with E-state index in [1.165, 1.54) is 11.3 Å². The Morgan fingerprint density at radius 3 is 2.44 bits per heavy atom. The van der Waals surface area contributed by atoms with Crippen molar-refractivity contribution in [2.45, 2.75) is 33.8 Å². The van der Waals surface area contributed by atoms with Crippen molar-refractivity contribution < 1.29 is 9.90 Å². The van der Waals surface area contributed by atoms with Crippen molar-refractivity contribution in [1.82, 2.24) is 16.0 Å². The fraction of sp³-hybridized carbons (Fsp3) is 0.625. The van der Waals surface area contributed by atoms with Gasteiger partial charge in [0.1, 0.15) is 6.10 Å². The summed E-state index contributed by atoms with van der Waals surface area (Å²) < 4.78 is 0.646. The van der Waals surface area contributed by atoms with Crippen LogP contribution in [0.25, 0.3) is 0 Å². The van der Waals surface area contributed by atoms with Gasteiger partial charge in [-0.1, -0.05) is 32.4 Å². The summed E-state index contributed by atoms with van der Waals surface area (Å²) in [4.78, 5) is 16.9. The zero-order valence-corrected chi connectivity index (χ0v) is 19.0. The number of thiophene rings is 1. The molecule has 9 heteroatoms. The highest BCUT2D eigenvalue weighted by Gasteiger charge is 2.20. The number of nitrogens with zero attached hydrogens (tertiary/aromatic N) is 1. The number of amides is 1. The third kappa shape index (κ3) is 9.62. The summed E-state index contributed by atoms with van der Waals surface area (Å²) in [5.74, 6) is 0.612. The van der Waals surface area contributed by atoms with Gasteiger partial charge in [0.05, 0.1) is 10.9 Å². The van der Waals surface area contributed by atoms with Gasteiger partial charge in [0.2, 0.25) is 5.91 Å². The molecule has 0 bridgehead atoms. The van der Waals surface area contributed by atoms with E-state index >= 15 is 0 Å². The first kappa shape index (κ1) is 24.4. The smallest absolute Gasteiger partial charge is 0.225 e. The van der Waals surface area contributed by atoms with Crippen molar-refractivity contribution in [3.8, 4) is 0 Å². The van der Waals surface area contributed by atoms with Gasteiger partial charge in [0, 0.05) is 29.9 Å². The number of hydrogen-bond donors (Lipinski definition) is 4. The minimum atomic E-state index is -0.682. The van der Waals surface area contributed by atoms with Crippen LogP contribution in [0.2, 0.25) is 4.34 Å². The molecular formula is C16H28ClIN4O2S. The van der Waals surface area contributed by atoms with Gasteiger partial charge in [0.15, 0.2) is 5.96 Å². The van der Waals surface area contributed by atoms with Crippen molar-refractivity contribution in [1.29, 1.82) is 0 Å². The molecule has 1 rings (SSSR count). The van der Waals surface area contributed by atoms with Gasteiger partial charge in [0.25, 0.3) is 0 Å². The first-order valence-electron chi connectivity index (χ1n) is 7.97. The molecule has 0 saturated carbocycles. The first-order valence-corrected chi connectivity index (χ1v) is 9.17. The molecule has 1 aromatic heterocycles. The molecule has 0 fully saturated rings. The van der Waals surface area contributed by atoms with E-state index in [9.17, 15) is 9.90 Å². The molecule has 0 saturated heterocycles. The van der Waals surface area contributed by atoms with Crippen LogP contribution >= 0.6 is 46.9 Å². The summed E-state index contributed by atoms with van der Waals surface area (Å²) in [5, 5.41) is 19.2. The lowest BCUT2D eigenvalue weighted by Crippen LogP contribution is -2.43. The van der Waals surface area contributed by atoms with E-state index in [4.69, 9.17) is 11.6 Å². The van der Waals surface area contributed by atoms with Crippen molar-refractivity contribution in [3.05, 3.63) is 21.3 Å². The molecule has 0 aliphatic carbocycles. The van der Waals surface area contributed by atoms with Gasteiger partial charge < -0.3 is 21.1 Å². The summed E-state index contributed by atoms with van der Waals surface area (Å²) in [7, 11) is 0. The standard InChI is InChI=1S/C16H27ClN4O2S.HI/c1-5-18-15(20-9-8-19-14(23)16(2,3)4)21-10-11(22)12-6-7-13(17)24-12;/h6-7,11,22H,5,8-10H2,1-4H3,(H,19,23)(H2,18,20,21);1H. The lowest BCUT2D eigenvalue weighted by atomic mass is 9.96. The summed E-state index contributed by atoms with van der Waals surface area (Å²) in [6.45, 7) is 9.59. The first-order chi connectivity index (χ1) is 11.2. The Morgan fingerprint density at radius 1 is 1.28 bits per heavy atom. The van der Waals surface area contributed by atoms with Gasteiger partial charge >= 0.3 is 0 Å². The third-order valence-electron chi connectivity index (χ3n) is 3.07. The molecule has 0 spiro atoms. The van der Waals surface area contributed by atoms with Crippen molar-refractivity contribution >= 4 is 58.8 Å². The molecule has 0 aliphatic rings. The SMILES string of the molecule is CCNC(=NCC(O)c1ccc(Cl)s1)NCCNC(=O)C(C)(C)C.I. The predicted octanol–water partition coefficient (Wildman–Crippen LogP) is 2.77. The van der Waals surface area contributed by atoms with Crippen LogP contribution in [0, 0.1) is 5.41 Å². The van der Waals surface area contributed by atoms with Gasteiger partial charge in [-0.25, -0.2) is 0 Å². The van der Waals surface area contributed by atoms with Crippen LogP contribution in [0.5, 0.6) is 0 Å². The number of rotatable bonds is 7. The molecule has 1 heterocycles. The number of aliphatic hydroxyl groups excluding tert-OH is 1. The van der Waals surface area contributed by atoms with Gasteiger partial charge in [-0.05, 0) is 19.1 Å². The highest BCUT2D eigenvalue weighted by atomic mass is 127. The van der Waals surface area contributed by atoms with E-state index < -0.39 is 11.5 Å². The molecule has 1 amide bonds. The minimum Gasteiger partial charge on any atom is -0.386 e. The van der Waals surface area contributed by atoms with E-state index in [0.29, 0.717) is 29.9 Å². The van der Waals surface area contributed by atoms with E-state index in [2.05, 4.69) is 20.9 Å². The maximum atomic E-state index is 11.8. The highest BCUT2D eigenvalue weighted by molar-refractivity contribution is 14.0. The van der Waals surface area contributed by atoms with Gasteiger partial charge in [-0.15, -0.1) is 35.3 Å². The maximum absolute atomic E-state index is 11.8. The normalized spacial score (nSPS) is 13.0. The number of halogens is 2. The number of aliphatic imine (C=N–C) groups is 1.